The molecule has 0 radical (unpaired) electrons. The van der Waals surface area contributed by atoms with Gasteiger partial charge in [-0.15, -0.1) is 5.10 Å². The van der Waals surface area contributed by atoms with Gasteiger partial charge >= 0.3 is 0 Å². The topological polar surface area (TPSA) is 129 Å². The third kappa shape index (κ3) is 3.52. The van der Waals surface area contributed by atoms with Crippen molar-refractivity contribution in [3.05, 3.63) is 45.2 Å². The normalized spacial score (nSPS) is 10.4. The Morgan fingerprint density at radius 3 is 2.95 bits per heavy atom. The van der Waals surface area contributed by atoms with Crippen LogP contribution in [0.25, 0.3) is 0 Å². The quantitative estimate of drug-likeness (QED) is 0.627. The zero-order valence-corrected chi connectivity index (χ0v) is 11.4. The minimum Gasteiger partial charge on any atom is -0.329 e. The third-order valence-electron chi connectivity index (χ3n) is 2.54. The maximum Gasteiger partial charge on any atom is 0.277 e. The van der Waals surface area contributed by atoms with Crippen molar-refractivity contribution in [2.45, 2.75) is 6.54 Å². The maximum atomic E-state index is 12.0. The van der Waals surface area contributed by atoms with Crippen LogP contribution in [0, 0.1) is 10.1 Å². The number of hydrogen-bond acceptors (Lipinski definition) is 6. The summed E-state index contributed by atoms with van der Waals surface area (Å²) in [5.74, 6) is -0.569. The molecule has 1 amide bonds. The molecule has 9 nitrogen and oxygen atoms in total. The summed E-state index contributed by atoms with van der Waals surface area (Å²) >= 11 is 5.89. The molecule has 0 fully saturated rings. The number of nitro groups is 1. The van der Waals surface area contributed by atoms with Gasteiger partial charge in [0.1, 0.15) is 0 Å². The lowest BCUT2D eigenvalue weighted by Crippen LogP contribution is -2.13. The van der Waals surface area contributed by atoms with Crippen molar-refractivity contribution in [1.29, 1.82) is 0 Å². The van der Waals surface area contributed by atoms with Gasteiger partial charge in [0, 0.05) is 18.7 Å². The number of hydrogen-bond donors (Lipinski definition) is 2. The van der Waals surface area contributed by atoms with Crippen LogP contribution < -0.4 is 11.1 Å². The van der Waals surface area contributed by atoms with Gasteiger partial charge in [0.2, 0.25) is 0 Å². The molecule has 0 spiro atoms. The van der Waals surface area contributed by atoms with E-state index in [1.807, 2.05) is 0 Å². The van der Waals surface area contributed by atoms with Crippen LogP contribution in [-0.2, 0) is 6.54 Å². The number of halogens is 1. The Morgan fingerprint density at radius 1 is 1.52 bits per heavy atom. The predicted octanol–water partition coefficient (Wildman–Crippen LogP) is 1.05. The number of amides is 1. The van der Waals surface area contributed by atoms with Gasteiger partial charge in [-0.3, -0.25) is 19.6 Å². The highest BCUT2D eigenvalue weighted by Crippen LogP contribution is 2.26. The van der Waals surface area contributed by atoms with Crippen LogP contribution in [0.4, 0.5) is 11.4 Å². The number of nitrogens with one attached hydrogen (secondary N) is 1. The smallest absolute Gasteiger partial charge is 0.277 e. The van der Waals surface area contributed by atoms with Gasteiger partial charge in [0.05, 0.1) is 28.4 Å². The van der Waals surface area contributed by atoms with E-state index in [4.69, 9.17) is 17.3 Å². The largest absolute Gasteiger partial charge is 0.329 e. The monoisotopic (exact) mass is 310 g/mol. The van der Waals surface area contributed by atoms with Crippen molar-refractivity contribution in [1.82, 2.24) is 15.0 Å². The molecule has 0 aliphatic carbocycles. The van der Waals surface area contributed by atoms with Crippen LogP contribution in [0.15, 0.2) is 24.4 Å². The Morgan fingerprint density at radius 2 is 2.29 bits per heavy atom. The van der Waals surface area contributed by atoms with Gasteiger partial charge in [-0.1, -0.05) is 16.8 Å². The molecule has 0 aliphatic rings. The number of carbonyl (C=O) groups is 1. The molecule has 0 saturated carbocycles. The SMILES string of the molecule is NCCn1cc(C(=O)Nc2cc([N+](=O)[O-])ccc2Cl)nn1. The summed E-state index contributed by atoms with van der Waals surface area (Å²) in [4.78, 5) is 22.1. The lowest BCUT2D eigenvalue weighted by Gasteiger charge is -2.05. The molecule has 2 aromatic rings. The Bertz CT molecular complexity index is 686. The van der Waals surface area contributed by atoms with Crippen LogP contribution >= 0.6 is 11.6 Å². The van der Waals surface area contributed by atoms with E-state index in [-0.39, 0.29) is 22.1 Å². The molecule has 1 heterocycles. The number of benzene rings is 1. The van der Waals surface area contributed by atoms with E-state index in [9.17, 15) is 14.9 Å². The van der Waals surface area contributed by atoms with Crippen molar-refractivity contribution < 1.29 is 9.72 Å². The van der Waals surface area contributed by atoms with E-state index in [1.54, 1.807) is 0 Å². The van der Waals surface area contributed by atoms with Gasteiger partial charge in [-0.25, -0.2) is 0 Å². The van der Waals surface area contributed by atoms with E-state index in [1.165, 1.54) is 29.1 Å². The molecule has 110 valence electrons. The number of carbonyl (C=O) groups excluding carboxylic acids is 1. The van der Waals surface area contributed by atoms with Crippen LogP contribution in [0.1, 0.15) is 10.5 Å². The highest BCUT2D eigenvalue weighted by atomic mass is 35.5. The summed E-state index contributed by atoms with van der Waals surface area (Å²) in [6.07, 6.45) is 1.42. The highest BCUT2D eigenvalue weighted by Gasteiger charge is 2.15. The zero-order chi connectivity index (χ0) is 15.4. The fourth-order valence-electron chi connectivity index (χ4n) is 1.55. The van der Waals surface area contributed by atoms with Gasteiger partial charge in [-0.2, -0.15) is 0 Å². The molecule has 2 rings (SSSR count). The van der Waals surface area contributed by atoms with E-state index in [2.05, 4.69) is 15.6 Å². The standard InChI is InChI=1S/C11H11ClN6O3/c12-8-2-1-7(18(20)21)5-9(8)14-11(19)10-6-17(4-3-13)16-15-10/h1-2,5-6H,3-4,13H2,(H,14,19). The lowest BCUT2D eigenvalue weighted by molar-refractivity contribution is -0.384. The van der Waals surface area contributed by atoms with E-state index >= 15 is 0 Å². The second-order valence-electron chi connectivity index (χ2n) is 4.03. The first kappa shape index (κ1) is 14.9. The van der Waals surface area contributed by atoms with E-state index in [0.717, 1.165) is 0 Å². The fourth-order valence-corrected chi connectivity index (χ4v) is 1.72. The van der Waals surface area contributed by atoms with Gasteiger partial charge < -0.3 is 11.1 Å². The highest BCUT2D eigenvalue weighted by molar-refractivity contribution is 6.34. The Balaban J connectivity index is 2.18. The Labute approximate surface area is 123 Å². The zero-order valence-electron chi connectivity index (χ0n) is 10.7. The lowest BCUT2D eigenvalue weighted by atomic mass is 10.2. The van der Waals surface area contributed by atoms with Crippen molar-refractivity contribution >= 4 is 28.9 Å². The average molecular weight is 311 g/mol. The first-order valence-corrected chi connectivity index (χ1v) is 6.24. The molecule has 21 heavy (non-hydrogen) atoms. The van der Waals surface area contributed by atoms with Crippen LogP contribution in [-0.4, -0.2) is 32.4 Å². The molecular formula is C11H11ClN6O3. The van der Waals surface area contributed by atoms with E-state index in [0.29, 0.717) is 13.1 Å². The summed E-state index contributed by atoms with van der Waals surface area (Å²) in [5, 5.41) is 20.8. The summed E-state index contributed by atoms with van der Waals surface area (Å²) in [6, 6.07) is 3.75. The number of nitrogens with zero attached hydrogens (tertiary/aromatic N) is 4. The van der Waals surface area contributed by atoms with Gasteiger partial charge in [-0.05, 0) is 6.07 Å². The fraction of sp³-hybridized carbons (Fsp3) is 0.182. The van der Waals surface area contributed by atoms with Crippen LogP contribution in [0.5, 0.6) is 0 Å². The molecule has 1 aromatic heterocycles. The van der Waals surface area contributed by atoms with Crippen LogP contribution in [0.2, 0.25) is 5.02 Å². The summed E-state index contributed by atoms with van der Waals surface area (Å²) in [5.41, 5.74) is 5.37. The van der Waals surface area contributed by atoms with Crippen molar-refractivity contribution in [3.63, 3.8) is 0 Å². The summed E-state index contributed by atoms with van der Waals surface area (Å²) in [7, 11) is 0. The molecule has 0 atom stereocenters. The number of non-ortho nitro benzene ring substituents is 1. The van der Waals surface area contributed by atoms with Crippen molar-refractivity contribution in [3.8, 4) is 0 Å². The van der Waals surface area contributed by atoms with Crippen molar-refractivity contribution in [2.75, 3.05) is 11.9 Å². The maximum absolute atomic E-state index is 12.0. The number of nitrogens with two attached hydrogens (primary N) is 1. The number of nitro benzene ring substituents is 1. The minimum atomic E-state index is -0.580. The molecule has 0 unspecified atom stereocenters. The second kappa shape index (κ2) is 6.29. The minimum absolute atomic E-state index is 0.0611. The molecule has 10 heteroatoms. The first-order chi connectivity index (χ1) is 10.0. The molecule has 3 N–H and O–H groups in total. The van der Waals surface area contributed by atoms with Gasteiger partial charge in [0.25, 0.3) is 11.6 Å². The average Bonchev–Trinajstić information content (AvgIpc) is 2.90. The molecular weight excluding hydrogens is 300 g/mol. The summed E-state index contributed by atoms with van der Waals surface area (Å²) < 4.78 is 1.42. The Hall–Kier alpha value is -2.52. The summed E-state index contributed by atoms with van der Waals surface area (Å²) in [6.45, 7) is 0.791. The Kier molecular flexibility index (Phi) is 4.45. The number of aromatic nitrogens is 3. The number of rotatable bonds is 5. The second-order valence-corrected chi connectivity index (χ2v) is 4.44. The van der Waals surface area contributed by atoms with Crippen LogP contribution in [0.3, 0.4) is 0 Å². The van der Waals surface area contributed by atoms with Gasteiger partial charge in [0.15, 0.2) is 5.69 Å². The van der Waals surface area contributed by atoms with Crippen molar-refractivity contribution in [2.24, 2.45) is 5.73 Å². The third-order valence-corrected chi connectivity index (χ3v) is 2.87. The predicted molar refractivity (Wildman–Crippen MR) is 75.1 cm³/mol. The molecule has 0 bridgehead atoms. The first-order valence-electron chi connectivity index (χ1n) is 5.86. The van der Waals surface area contributed by atoms with E-state index < -0.39 is 10.8 Å². The molecule has 0 saturated heterocycles. The number of anilines is 1. The molecule has 1 aromatic carbocycles. The molecule has 0 aliphatic heterocycles.